The third kappa shape index (κ3) is 1.62. The second-order valence-corrected chi connectivity index (χ2v) is 3.07. The third-order valence-corrected chi connectivity index (χ3v) is 2.18. The Morgan fingerprint density at radius 2 is 2.25 bits per heavy atom. The van der Waals surface area contributed by atoms with Crippen LogP contribution in [0, 0.1) is 0 Å². The quantitative estimate of drug-likeness (QED) is 0.721. The summed E-state index contributed by atoms with van der Waals surface area (Å²) in [5.41, 5.74) is 0. The summed E-state index contributed by atoms with van der Waals surface area (Å²) in [5.74, 6) is -0.488. The van der Waals surface area contributed by atoms with Gasteiger partial charge in [-0.15, -0.1) is 11.3 Å². The van der Waals surface area contributed by atoms with Crippen molar-refractivity contribution in [3.05, 3.63) is 22.4 Å². The average molecular weight is 185 g/mol. The van der Waals surface area contributed by atoms with E-state index in [0.717, 1.165) is 0 Å². The molecule has 0 aliphatic heterocycles. The topological polar surface area (TPSA) is 57.6 Å². The van der Waals surface area contributed by atoms with Crippen LogP contribution in [0.4, 0.5) is 4.79 Å². The van der Waals surface area contributed by atoms with Crippen molar-refractivity contribution >= 4 is 23.3 Å². The van der Waals surface area contributed by atoms with Gasteiger partial charge in [0.2, 0.25) is 0 Å². The van der Waals surface area contributed by atoms with Gasteiger partial charge in [-0.25, -0.2) is 9.69 Å². The van der Waals surface area contributed by atoms with Crippen LogP contribution in [-0.4, -0.2) is 29.1 Å². The van der Waals surface area contributed by atoms with Gasteiger partial charge in [-0.3, -0.25) is 4.79 Å². The molecule has 0 saturated carbocycles. The van der Waals surface area contributed by atoms with Crippen LogP contribution in [0.3, 0.4) is 0 Å². The third-order valence-electron chi connectivity index (χ3n) is 1.32. The van der Waals surface area contributed by atoms with Crippen LogP contribution in [0.1, 0.15) is 9.67 Å². The molecule has 2 amide bonds. The van der Waals surface area contributed by atoms with E-state index in [1.165, 1.54) is 18.4 Å². The molecule has 0 aromatic carbocycles. The summed E-state index contributed by atoms with van der Waals surface area (Å²) in [6, 6.07) is 3.29. The standard InChI is InChI=1S/C7H7NO3S/c1-8(7(10)11)6(9)5-3-2-4-12-5/h2-4H,1H3,(H,10,11). The lowest BCUT2D eigenvalue weighted by Gasteiger charge is -2.08. The molecule has 0 radical (unpaired) electrons. The lowest BCUT2D eigenvalue weighted by molar-refractivity contribution is 0.0786. The number of thiophene rings is 1. The molecule has 0 unspecified atom stereocenters. The number of nitrogens with zero attached hydrogens (tertiary/aromatic N) is 1. The van der Waals surface area contributed by atoms with Crippen LogP contribution in [0.15, 0.2) is 17.5 Å². The molecule has 1 heterocycles. The van der Waals surface area contributed by atoms with Gasteiger partial charge in [-0.05, 0) is 11.4 Å². The summed E-state index contributed by atoms with van der Waals surface area (Å²) in [6.45, 7) is 0. The fourth-order valence-electron chi connectivity index (χ4n) is 0.652. The maximum Gasteiger partial charge on any atom is 0.414 e. The molecule has 0 spiro atoms. The SMILES string of the molecule is CN(C(=O)O)C(=O)c1cccs1. The van der Waals surface area contributed by atoms with E-state index in [1.807, 2.05) is 0 Å². The predicted molar refractivity (Wildman–Crippen MR) is 44.4 cm³/mol. The molecule has 64 valence electrons. The average Bonchev–Trinajstić information content (AvgIpc) is 2.53. The molecule has 0 saturated heterocycles. The van der Waals surface area contributed by atoms with Gasteiger partial charge in [0.05, 0.1) is 4.88 Å². The summed E-state index contributed by atoms with van der Waals surface area (Å²) in [7, 11) is 1.23. The van der Waals surface area contributed by atoms with E-state index in [0.29, 0.717) is 9.78 Å². The molecule has 5 heteroatoms. The molecule has 12 heavy (non-hydrogen) atoms. The van der Waals surface area contributed by atoms with E-state index < -0.39 is 12.0 Å². The van der Waals surface area contributed by atoms with Crippen LogP contribution in [0.25, 0.3) is 0 Å². The van der Waals surface area contributed by atoms with E-state index in [1.54, 1.807) is 17.5 Å². The van der Waals surface area contributed by atoms with Crippen LogP contribution in [0.5, 0.6) is 0 Å². The summed E-state index contributed by atoms with van der Waals surface area (Å²) in [6.07, 6.45) is -1.24. The molecular formula is C7H7NO3S. The van der Waals surface area contributed by atoms with Crippen molar-refractivity contribution in [2.75, 3.05) is 7.05 Å². The Bertz CT molecular complexity index is 294. The molecule has 0 aliphatic rings. The smallest absolute Gasteiger partial charge is 0.414 e. The maximum atomic E-state index is 11.2. The van der Waals surface area contributed by atoms with Crippen molar-refractivity contribution < 1.29 is 14.7 Å². The first-order valence-electron chi connectivity index (χ1n) is 3.17. The van der Waals surface area contributed by atoms with Crippen LogP contribution in [0.2, 0.25) is 0 Å². The number of rotatable bonds is 1. The Labute approximate surface area is 73.0 Å². The largest absolute Gasteiger partial charge is 0.465 e. The van der Waals surface area contributed by atoms with Crippen LogP contribution >= 0.6 is 11.3 Å². The van der Waals surface area contributed by atoms with E-state index in [2.05, 4.69) is 0 Å². The second kappa shape index (κ2) is 3.36. The van der Waals surface area contributed by atoms with Gasteiger partial charge in [0.1, 0.15) is 0 Å². The molecule has 0 fully saturated rings. The molecule has 4 nitrogen and oxygen atoms in total. The van der Waals surface area contributed by atoms with Crippen molar-refractivity contribution in [3.8, 4) is 0 Å². The number of hydrogen-bond acceptors (Lipinski definition) is 3. The Morgan fingerprint density at radius 1 is 1.58 bits per heavy atom. The number of imide groups is 1. The van der Waals surface area contributed by atoms with Crippen molar-refractivity contribution in [1.82, 2.24) is 4.90 Å². The molecule has 1 rings (SSSR count). The van der Waals surface area contributed by atoms with Crippen molar-refractivity contribution in [3.63, 3.8) is 0 Å². The summed E-state index contributed by atoms with van der Waals surface area (Å²) >= 11 is 1.22. The van der Waals surface area contributed by atoms with Crippen molar-refractivity contribution in [2.45, 2.75) is 0 Å². The minimum absolute atomic E-state index is 0.430. The van der Waals surface area contributed by atoms with Gasteiger partial charge >= 0.3 is 6.09 Å². The molecule has 0 bridgehead atoms. The highest BCUT2D eigenvalue weighted by Crippen LogP contribution is 2.10. The minimum Gasteiger partial charge on any atom is -0.465 e. The lowest BCUT2D eigenvalue weighted by atomic mass is 10.4. The van der Waals surface area contributed by atoms with Gasteiger partial charge in [0, 0.05) is 7.05 Å². The minimum atomic E-state index is -1.24. The Morgan fingerprint density at radius 3 is 2.67 bits per heavy atom. The molecule has 1 aromatic rings. The molecular weight excluding hydrogens is 178 g/mol. The van der Waals surface area contributed by atoms with Gasteiger partial charge in [-0.2, -0.15) is 0 Å². The predicted octanol–water partition coefficient (Wildman–Crippen LogP) is 1.50. The highest BCUT2D eigenvalue weighted by atomic mass is 32.1. The van der Waals surface area contributed by atoms with E-state index in [9.17, 15) is 9.59 Å². The fraction of sp³-hybridized carbons (Fsp3) is 0.143. The highest BCUT2D eigenvalue weighted by molar-refractivity contribution is 7.12. The first kappa shape index (κ1) is 8.73. The van der Waals surface area contributed by atoms with E-state index in [4.69, 9.17) is 5.11 Å². The zero-order valence-electron chi connectivity index (χ0n) is 6.35. The molecule has 1 aromatic heterocycles. The van der Waals surface area contributed by atoms with E-state index >= 15 is 0 Å². The van der Waals surface area contributed by atoms with Crippen molar-refractivity contribution in [1.29, 1.82) is 0 Å². The molecule has 0 atom stereocenters. The summed E-state index contributed by atoms with van der Waals surface area (Å²) < 4.78 is 0. The number of carbonyl (C=O) groups is 2. The zero-order valence-corrected chi connectivity index (χ0v) is 7.17. The van der Waals surface area contributed by atoms with Gasteiger partial charge in [0.15, 0.2) is 0 Å². The van der Waals surface area contributed by atoms with Crippen LogP contribution in [-0.2, 0) is 0 Å². The highest BCUT2D eigenvalue weighted by Gasteiger charge is 2.17. The second-order valence-electron chi connectivity index (χ2n) is 2.12. The number of hydrogen-bond donors (Lipinski definition) is 1. The summed E-state index contributed by atoms with van der Waals surface area (Å²) in [5, 5.41) is 10.2. The zero-order chi connectivity index (χ0) is 9.14. The Balaban J connectivity index is 2.79. The fourth-order valence-corrected chi connectivity index (χ4v) is 1.35. The Kier molecular flexibility index (Phi) is 2.44. The first-order chi connectivity index (χ1) is 5.63. The Hall–Kier alpha value is -1.36. The first-order valence-corrected chi connectivity index (χ1v) is 4.05. The summed E-state index contributed by atoms with van der Waals surface area (Å²) in [4.78, 5) is 22.6. The monoisotopic (exact) mass is 185 g/mol. The molecule has 0 aliphatic carbocycles. The van der Waals surface area contributed by atoms with Crippen LogP contribution < -0.4 is 0 Å². The van der Waals surface area contributed by atoms with Crippen molar-refractivity contribution in [2.24, 2.45) is 0 Å². The normalized spacial score (nSPS) is 9.42. The van der Waals surface area contributed by atoms with Gasteiger partial charge < -0.3 is 5.11 Å². The number of carboxylic acid groups (broad SMARTS) is 1. The lowest BCUT2D eigenvalue weighted by Crippen LogP contribution is -2.30. The van der Waals surface area contributed by atoms with Gasteiger partial charge in [-0.1, -0.05) is 6.07 Å². The van der Waals surface area contributed by atoms with E-state index in [-0.39, 0.29) is 0 Å². The maximum absolute atomic E-state index is 11.2. The number of amides is 2. The molecule has 1 N–H and O–H groups in total. The van der Waals surface area contributed by atoms with Gasteiger partial charge in [0.25, 0.3) is 5.91 Å². The number of carbonyl (C=O) groups excluding carboxylic acids is 1.